The van der Waals surface area contributed by atoms with Crippen LogP contribution in [0.3, 0.4) is 0 Å². The van der Waals surface area contributed by atoms with E-state index in [0.29, 0.717) is 6.04 Å². The van der Waals surface area contributed by atoms with E-state index in [9.17, 15) is 0 Å². The minimum absolute atomic E-state index is 0.557. The summed E-state index contributed by atoms with van der Waals surface area (Å²) in [7, 11) is 2.17. The molecule has 96 valence electrons. The van der Waals surface area contributed by atoms with Crippen LogP contribution < -0.4 is 4.90 Å². The van der Waals surface area contributed by atoms with Gasteiger partial charge in [-0.2, -0.15) is 0 Å². The predicted octanol–water partition coefficient (Wildman–Crippen LogP) is 5.21. The van der Waals surface area contributed by atoms with Gasteiger partial charge in [-0.1, -0.05) is 35.8 Å². The summed E-state index contributed by atoms with van der Waals surface area (Å²) in [5, 5.41) is 0.900. The monoisotopic (exact) mass is 361 g/mol. The Labute approximate surface area is 122 Å². The van der Waals surface area contributed by atoms with E-state index in [-0.39, 0.29) is 0 Å². The van der Waals surface area contributed by atoms with Crippen molar-refractivity contribution in [1.29, 1.82) is 0 Å². The maximum atomic E-state index is 3.66. The highest BCUT2D eigenvalue weighted by atomic mass is 79.9. The lowest BCUT2D eigenvalue weighted by molar-refractivity contribution is 0.504. The number of rotatable bonds is 5. The van der Waals surface area contributed by atoms with E-state index < -0.39 is 0 Å². The number of alkyl halides is 1. The molecular weight excluding hydrogens is 342 g/mol. The van der Waals surface area contributed by atoms with Crippen LogP contribution in [0.15, 0.2) is 22.7 Å². The van der Waals surface area contributed by atoms with E-state index in [0.717, 1.165) is 11.2 Å². The van der Waals surface area contributed by atoms with Gasteiger partial charge in [0, 0.05) is 22.9 Å². The second-order valence-corrected chi connectivity index (χ2v) is 6.42. The van der Waals surface area contributed by atoms with Crippen molar-refractivity contribution in [2.24, 2.45) is 5.92 Å². The summed E-state index contributed by atoms with van der Waals surface area (Å²) in [5.74, 6) is 0.730. The lowest BCUT2D eigenvalue weighted by atomic mass is 10.0. The molecule has 0 amide bonds. The van der Waals surface area contributed by atoms with Crippen LogP contribution in [0.1, 0.15) is 32.8 Å². The third kappa shape index (κ3) is 4.29. The highest BCUT2D eigenvalue weighted by molar-refractivity contribution is 9.10. The lowest BCUT2D eigenvalue weighted by Crippen LogP contribution is -2.30. The van der Waals surface area contributed by atoms with Crippen LogP contribution >= 0.6 is 31.9 Å². The van der Waals surface area contributed by atoms with Gasteiger partial charge < -0.3 is 4.90 Å². The first-order valence-corrected chi connectivity index (χ1v) is 7.94. The number of benzene rings is 1. The molecule has 17 heavy (non-hydrogen) atoms. The molecular formula is C14H21Br2N. The Hall–Kier alpha value is -0.0200. The van der Waals surface area contributed by atoms with E-state index in [4.69, 9.17) is 0 Å². The van der Waals surface area contributed by atoms with Crippen LogP contribution in [0, 0.1) is 5.92 Å². The van der Waals surface area contributed by atoms with Crippen LogP contribution in [-0.4, -0.2) is 13.1 Å². The molecule has 0 aliphatic heterocycles. The molecule has 0 heterocycles. The molecule has 1 nitrogen and oxygen atoms in total. The molecule has 0 aliphatic rings. The SMILES string of the molecule is CC(C)CC(C)N(C)c1ccc(CBr)cc1Br. The predicted molar refractivity (Wildman–Crippen MR) is 84.1 cm³/mol. The van der Waals surface area contributed by atoms with Crippen LogP contribution in [0.4, 0.5) is 5.69 Å². The molecule has 1 unspecified atom stereocenters. The molecule has 1 rings (SSSR count). The zero-order valence-corrected chi connectivity index (χ0v) is 14.2. The van der Waals surface area contributed by atoms with Gasteiger partial charge in [-0.3, -0.25) is 0 Å². The smallest absolute Gasteiger partial charge is 0.0510 e. The molecule has 0 saturated heterocycles. The van der Waals surface area contributed by atoms with Crippen LogP contribution in [0.5, 0.6) is 0 Å². The fourth-order valence-electron chi connectivity index (χ4n) is 2.00. The van der Waals surface area contributed by atoms with Gasteiger partial charge in [0.1, 0.15) is 0 Å². The molecule has 0 N–H and O–H groups in total. The summed E-state index contributed by atoms with van der Waals surface area (Å²) < 4.78 is 1.17. The van der Waals surface area contributed by atoms with Gasteiger partial charge in [-0.25, -0.2) is 0 Å². The van der Waals surface area contributed by atoms with Crippen molar-refractivity contribution in [2.75, 3.05) is 11.9 Å². The third-order valence-electron chi connectivity index (χ3n) is 3.02. The Morgan fingerprint density at radius 2 is 1.88 bits per heavy atom. The molecule has 0 aromatic heterocycles. The van der Waals surface area contributed by atoms with Crippen molar-refractivity contribution in [1.82, 2.24) is 0 Å². The van der Waals surface area contributed by atoms with Crippen molar-refractivity contribution in [2.45, 2.75) is 38.6 Å². The number of halogens is 2. The molecule has 0 bridgehead atoms. The highest BCUT2D eigenvalue weighted by Crippen LogP contribution is 2.29. The van der Waals surface area contributed by atoms with E-state index in [1.165, 1.54) is 22.1 Å². The quantitative estimate of drug-likeness (QED) is 0.649. The largest absolute Gasteiger partial charge is 0.371 e. The fraction of sp³-hybridized carbons (Fsp3) is 0.571. The van der Waals surface area contributed by atoms with Crippen molar-refractivity contribution in [3.8, 4) is 0 Å². The molecule has 0 spiro atoms. The standard InChI is InChI=1S/C14H21Br2N/c1-10(2)7-11(3)17(4)14-6-5-12(9-15)8-13(14)16/h5-6,8,10-11H,7,9H2,1-4H3. The Kier molecular flexibility index (Phi) is 6.01. The normalized spacial score (nSPS) is 12.9. The molecule has 3 heteroatoms. The van der Waals surface area contributed by atoms with E-state index >= 15 is 0 Å². The Morgan fingerprint density at radius 1 is 1.24 bits per heavy atom. The number of hydrogen-bond donors (Lipinski definition) is 0. The van der Waals surface area contributed by atoms with Gasteiger partial charge in [-0.15, -0.1) is 0 Å². The van der Waals surface area contributed by atoms with Gasteiger partial charge in [0.05, 0.1) is 5.69 Å². The molecule has 1 atom stereocenters. The average molecular weight is 363 g/mol. The summed E-state index contributed by atoms with van der Waals surface area (Å²) in [4.78, 5) is 2.35. The average Bonchev–Trinajstić information content (AvgIpc) is 2.27. The van der Waals surface area contributed by atoms with Gasteiger partial charge >= 0.3 is 0 Å². The highest BCUT2D eigenvalue weighted by Gasteiger charge is 2.14. The van der Waals surface area contributed by atoms with Gasteiger partial charge in [0.15, 0.2) is 0 Å². The van der Waals surface area contributed by atoms with Crippen LogP contribution in [0.25, 0.3) is 0 Å². The third-order valence-corrected chi connectivity index (χ3v) is 4.30. The zero-order chi connectivity index (χ0) is 13.0. The van der Waals surface area contributed by atoms with E-state index in [2.05, 4.69) is 82.8 Å². The Balaban J connectivity index is 2.84. The molecule has 0 saturated carbocycles. The Bertz CT molecular complexity index is 363. The maximum absolute atomic E-state index is 3.66. The summed E-state index contributed by atoms with van der Waals surface area (Å²) in [5.41, 5.74) is 2.56. The second-order valence-electron chi connectivity index (χ2n) is 5.01. The first-order chi connectivity index (χ1) is 7.95. The van der Waals surface area contributed by atoms with E-state index in [1.54, 1.807) is 0 Å². The molecule has 1 aromatic carbocycles. The van der Waals surface area contributed by atoms with Crippen molar-refractivity contribution in [3.63, 3.8) is 0 Å². The van der Waals surface area contributed by atoms with Gasteiger partial charge in [0.25, 0.3) is 0 Å². The first-order valence-electron chi connectivity index (χ1n) is 6.03. The molecule has 1 aromatic rings. The minimum atomic E-state index is 0.557. The molecule has 0 radical (unpaired) electrons. The maximum Gasteiger partial charge on any atom is 0.0510 e. The number of hydrogen-bond acceptors (Lipinski definition) is 1. The van der Waals surface area contributed by atoms with Gasteiger partial charge in [-0.05, 0) is 52.9 Å². The molecule has 0 fully saturated rings. The second kappa shape index (κ2) is 6.79. The number of nitrogens with zero attached hydrogens (tertiary/aromatic N) is 1. The van der Waals surface area contributed by atoms with Crippen molar-refractivity contribution in [3.05, 3.63) is 28.2 Å². The number of anilines is 1. The zero-order valence-electron chi connectivity index (χ0n) is 11.0. The summed E-state index contributed by atoms with van der Waals surface area (Å²) in [6.07, 6.45) is 1.21. The van der Waals surface area contributed by atoms with Crippen molar-refractivity contribution < 1.29 is 0 Å². The minimum Gasteiger partial charge on any atom is -0.371 e. The van der Waals surface area contributed by atoms with Crippen LogP contribution in [0.2, 0.25) is 0 Å². The lowest BCUT2D eigenvalue weighted by Gasteiger charge is -2.29. The van der Waals surface area contributed by atoms with Gasteiger partial charge in [0.2, 0.25) is 0 Å². The summed E-state index contributed by atoms with van der Waals surface area (Å²) in [6, 6.07) is 7.11. The van der Waals surface area contributed by atoms with Crippen molar-refractivity contribution >= 4 is 37.5 Å². The van der Waals surface area contributed by atoms with Crippen LogP contribution in [-0.2, 0) is 5.33 Å². The topological polar surface area (TPSA) is 3.24 Å². The summed E-state index contributed by atoms with van der Waals surface area (Å²) >= 11 is 7.14. The fourth-order valence-corrected chi connectivity index (χ4v) is 3.05. The Morgan fingerprint density at radius 3 is 2.35 bits per heavy atom. The van der Waals surface area contributed by atoms with E-state index in [1.807, 2.05) is 0 Å². The molecule has 0 aliphatic carbocycles. The first kappa shape index (κ1) is 15.0. The summed E-state index contributed by atoms with van der Waals surface area (Å²) in [6.45, 7) is 6.82.